The number of hydrogen-bond acceptors (Lipinski definition) is 9. The van der Waals surface area contributed by atoms with Gasteiger partial charge in [0.05, 0.1) is 5.54 Å². The zero-order chi connectivity index (χ0) is 39.0. The summed E-state index contributed by atoms with van der Waals surface area (Å²) in [6, 6.07) is 7.99. The minimum atomic E-state index is -0.550. The lowest BCUT2D eigenvalue weighted by Crippen LogP contribution is -2.52. The topological polar surface area (TPSA) is 136 Å². The maximum atomic E-state index is 15.5. The molecule has 6 heterocycles. The SMILES string of the molecule is CC(C)=Nc1c(C)cc(-c2cn(C(N)=NC(C)C)c3ncc(CN4CCN(CC(C)(N)c5c[nH]c6ncc(CN7CCN(C)CC7)cc56)CC4)cc23)cc1F. The number of nitrogens with two attached hydrogens (primary N) is 2. The number of likely N-dealkylation sites (N-methyl/N-ethyl adjacent to an activating group) is 1. The number of aliphatic imine (C=N–C) groups is 2. The van der Waals surface area contributed by atoms with Crippen molar-refractivity contribution in [3.8, 4) is 11.1 Å². The van der Waals surface area contributed by atoms with Crippen molar-refractivity contribution >= 4 is 39.4 Å². The number of aryl methyl sites for hydroxylation is 1. The molecule has 12 nitrogen and oxygen atoms in total. The number of H-pyrrole nitrogens is 1. The first kappa shape index (κ1) is 38.7. The summed E-state index contributed by atoms with van der Waals surface area (Å²) in [4.78, 5) is 31.9. The van der Waals surface area contributed by atoms with Gasteiger partial charge < -0.3 is 21.4 Å². The number of pyridine rings is 2. The van der Waals surface area contributed by atoms with Gasteiger partial charge in [0.2, 0.25) is 5.96 Å². The van der Waals surface area contributed by atoms with Crippen LogP contribution in [0.2, 0.25) is 0 Å². The van der Waals surface area contributed by atoms with Crippen LogP contribution in [-0.4, -0.2) is 123 Å². The Hall–Kier alpha value is -4.53. The van der Waals surface area contributed by atoms with Crippen LogP contribution in [-0.2, 0) is 18.6 Å². The van der Waals surface area contributed by atoms with Crippen molar-refractivity contribution in [2.75, 3.05) is 66.0 Å². The number of benzene rings is 1. The van der Waals surface area contributed by atoms with Gasteiger partial charge in [0.25, 0.3) is 0 Å². The second kappa shape index (κ2) is 15.9. The molecule has 2 aliphatic rings. The van der Waals surface area contributed by atoms with Gasteiger partial charge in [-0.05, 0) is 101 Å². The molecule has 0 amide bonds. The lowest BCUT2D eigenvalue weighted by Gasteiger charge is -2.39. The third kappa shape index (κ3) is 8.66. The Morgan fingerprint density at radius 2 is 1.53 bits per heavy atom. The molecule has 13 heteroatoms. The normalized spacial score (nSPS) is 18.1. The van der Waals surface area contributed by atoms with Crippen LogP contribution in [0.4, 0.5) is 10.1 Å². The Morgan fingerprint density at radius 1 is 0.909 bits per heavy atom. The second-order valence-corrected chi connectivity index (χ2v) is 16.4. The number of nitrogens with zero attached hydrogens (tertiary/aromatic N) is 9. The van der Waals surface area contributed by atoms with Crippen molar-refractivity contribution < 1.29 is 4.39 Å². The molecule has 7 rings (SSSR count). The van der Waals surface area contributed by atoms with Crippen molar-refractivity contribution in [3.05, 3.63) is 77.1 Å². The number of nitrogens with one attached hydrogen (secondary N) is 1. The van der Waals surface area contributed by atoms with Crippen LogP contribution in [0.1, 0.15) is 56.9 Å². The maximum absolute atomic E-state index is 15.5. The van der Waals surface area contributed by atoms with Gasteiger partial charge >= 0.3 is 0 Å². The molecule has 0 aliphatic carbocycles. The highest BCUT2D eigenvalue weighted by atomic mass is 19.1. The van der Waals surface area contributed by atoms with E-state index in [0.717, 1.165) is 122 Å². The second-order valence-electron chi connectivity index (χ2n) is 16.4. The summed E-state index contributed by atoms with van der Waals surface area (Å²) in [6.45, 7) is 22.1. The molecule has 2 aliphatic heterocycles. The molecule has 1 aromatic carbocycles. The van der Waals surface area contributed by atoms with Crippen LogP contribution in [0.5, 0.6) is 0 Å². The van der Waals surface area contributed by atoms with Gasteiger partial charge in [-0.3, -0.25) is 24.3 Å². The number of aromatic nitrogens is 4. The van der Waals surface area contributed by atoms with Crippen LogP contribution in [0.3, 0.4) is 0 Å². The lowest BCUT2D eigenvalue weighted by molar-refractivity contribution is 0.109. The maximum Gasteiger partial charge on any atom is 0.201 e. The molecule has 292 valence electrons. The fourth-order valence-electron chi connectivity index (χ4n) is 8.01. The van der Waals surface area contributed by atoms with Gasteiger partial charge in [0.15, 0.2) is 0 Å². The Bertz CT molecular complexity index is 2190. The fraction of sp³-hybridized carbons (Fsp3) is 0.476. The first-order valence-corrected chi connectivity index (χ1v) is 19.5. The number of piperazine rings is 2. The molecule has 0 spiro atoms. The van der Waals surface area contributed by atoms with Crippen LogP contribution >= 0.6 is 0 Å². The Kier molecular flexibility index (Phi) is 11.2. The molecule has 1 unspecified atom stereocenters. The molecule has 55 heavy (non-hydrogen) atoms. The van der Waals surface area contributed by atoms with Gasteiger partial charge in [-0.2, -0.15) is 0 Å². The lowest BCUT2D eigenvalue weighted by atomic mass is 9.92. The van der Waals surface area contributed by atoms with Crippen molar-refractivity contribution in [2.45, 2.75) is 66.2 Å². The van der Waals surface area contributed by atoms with E-state index in [1.807, 2.05) is 70.0 Å². The number of aromatic amines is 1. The summed E-state index contributed by atoms with van der Waals surface area (Å²) in [6.07, 6.45) is 7.89. The number of halogens is 1. The average molecular weight is 749 g/mol. The Balaban J connectivity index is 1.06. The largest absolute Gasteiger partial charge is 0.369 e. The molecular weight excluding hydrogens is 692 g/mol. The van der Waals surface area contributed by atoms with Crippen molar-refractivity contribution in [2.24, 2.45) is 21.5 Å². The van der Waals surface area contributed by atoms with E-state index >= 15 is 4.39 Å². The Morgan fingerprint density at radius 3 is 2.16 bits per heavy atom. The third-order valence-electron chi connectivity index (χ3n) is 10.9. The van der Waals surface area contributed by atoms with Crippen molar-refractivity contribution in [1.82, 2.24) is 39.1 Å². The highest BCUT2D eigenvalue weighted by Crippen LogP contribution is 2.35. The van der Waals surface area contributed by atoms with E-state index in [9.17, 15) is 0 Å². The zero-order valence-electron chi connectivity index (χ0n) is 33.5. The summed E-state index contributed by atoms with van der Waals surface area (Å²) in [7, 11) is 2.18. The average Bonchev–Trinajstić information content (AvgIpc) is 3.73. The third-order valence-corrected chi connectivity index (χ3v) is 10.9. The molecule has 2 saturated heterocycles. The molecule has 4 aromatic heterocycles. The van der Waals surface area contributed by atoms with Gasteiger partial charge in [-0.15, -0.1) is 0 Å². The van der Waals surface area contributed by atoms with E-state index in [1.165, 1.54) is 5.56 Å². The number of fused-ring (bicyclic) bond motifs is 2. The fourth-order valence-corrected chi connectivity index (χ4v) is 8.01. The van der Waals surface area contributed by atoms with E-state index in [-0.39, 0.29) is 11.9 Å². The van der Waals surface area contributed by atoms with Crippen molar-refractivity contribution in [3.63, 3.8) is 0 Å². The van der Waals surface area contributed by atoms with Gasteiger partial charge in [0, 0.05) is 125 Å². The van der Waals surface area contributed by atoms with Crippen molar-refractivity contribution in [1.29, 1.82) is 0 Å². The molecule has 0 saturated carbocycles. The first-order valence-electron chi connectivity index (χ1n) is 19.5. The quantitative estimate of drug-likeness (QED) is 0.127. The van der Waals surface area contributed by atoms with E-state index < -0.39 is 5.54 Å². The summed E-state index contributed by atoms with van der Waals surface area (Å²) in [5.41, 5.74) is 21.6. The van der Waals surface area contributed by atoms with Crippen LogP contribution < -0.4 is 11.5 Å². The van der Waals surface area contributed by atoms with E-state index in [0.29, 0.717) is 17.3 Å². The standard InChI is InChI=1S/C42H57FN12/c1-27(2)49-38-29(5)16-32(19-37(38)43)35-25-55(41(44)50-28(3)4)40-33(35)17-30(21-48-40)23-53-12-14-54(15-13-53)26-42(6,45)36-22-47-39-34(36)18-31(20-46-39)24-52-10-8-51(7)9-11-52/h16-22,25,28H,8-15,23-24,26,45H2,1-7H3,(H2,44,50)(H,46,47). The molecule has 2 fully saturated rings. The predicted molar refractivity (Wildman–Crippen MR) is 223 cm³/mol. The van der Waals surface area contributed by atoms with Crippen LogP contribution in [0, 0.1) is 12.7 Å². The smallest absolute Gasteiger partial charge is 0.201 e. The van der Waals surface area contributed by atoms with Gasteiger partial charge in [-0.1, -0.05) is 0 Å². The summed E-state index contributed by atoms with van der Waals surface area (Å²) >= 11 is 0. The summed E-state index contributed by atoms with van der Waals surface area (Å²) < 4.78 is 17.3. The molecule has 0 bridgehead atoms. The summed E-state index contributed by atoms with van der Waals surface area (Å²) in [5, 5.41) is 2.01. The van der Waals surface area contributed by atoms with E-state index in [2.05, 4.69) is 60.7 Å². The molecule has 5 N–H and O–H groups in total. The Labute approximate surface area is 324 Å². The molecule has 1 atom stereocenters. The van der Waals surface area contributed by atoms with Crippen LogP contribution in [0.15, 0.2) is 59.0 Å². The van der Waals surface area contributed by atoms with Gasteiger partial charge in [-0.25, -0.2) is 19.4 Å². The molecular formula is C42H57FN12. The van der Waals surface area contributed by atoms with E-state index in [1.54, 1.807) is 6.07 Å². The first-order chi connectivity index (χ1) is 26.2. The number of hydrogen-bond donors (Lipinski definition) is 3. The predicted octanol–water partition coefficient (Wildman–Crippen LogP) is 5.45. The minimum absolute atomic E-state index is 0.00885. The highest BCUT2D eigenvalue weighted by Gasteiger charge is 2.30. The van der Waals surface area contributed by atoms with Crippen LogP contribution in [0.25, 0.3) is 33.2 Å². The van der Waals surface area contributed by atoms with Gasteiger partial charge in [0.1, 0.15) is 22.8 Å². The number of rotatable bonds is 10. The minimum Gasteiger partial charge on any atom is -0.369 e. The molecule has 5 aromatic rings. The zero-order valence-corrected chi connectivity index (χ0v) is 33.5. The highest BCUT2D eigenvalue weighted by molar-refractivity contribution is 6.01. The van der Waals surface area contributed by atoms with E-state index in [4.69, 9.17) is 21.4 Å². The summed E-state index contributed by atoms with van der Waals surface area (Å²) in [5.74, 6) is -0.00616. The molecule has 0 radical (unpaired) electrons. The monoisotopic (exact) mass is 748 g/mol.